The first-order chi connectivity index (χ1) is 16.3. The van der Waals surface area contributed by atoms with Crippen molar-refractivity contribution in [2.45, 2.75) is 104 Å². The second kappa shape index (κ2) is 17.8. The van der Waals surface area contributed by atoms with Crippen molar-refractivity contribution in [2.75, 3.05) is 31.7 Å². The van der Waals surface area contributed by atoms with Crippen LogP contribution in [0.25, 0.3) is 10.9 Å². The van der Waals surface area contributed by atoms with Crippen molar-refractivity contribution in [2.24, 2.45) is 0 Å². The normalized spacial score (nSPS) is 12.3. The highest BCUT2D eigenvalue weighted by molar-refractivity contribution is 5.91. The zero-order chi connectivity index (χ0) is 23.6. The molecule has 1 aromatic carbocycles. The number of ether oxygens (including phenoxy) is 2. The van der Waals surface area contributed by atoms with Crippen LogP contribution in [0.1, 0.15) is 109 Å². The van der Waals surface area contributed by atoms with E-state index in [1.807, 2.05) is 6.20 Å². The van der Waals surface area contributed by atoms with Gasteiger partial charge in [0.05, 0.1) is 11.6 Å². The highest BCUT2D eigenvalue weighted by atomic mass is 16.5. The summed E-state index contributed by atoms with van der Waals surface area (Å²) in [5.41, 5.74) is 3.51. The molecule has 1 atom stereocenters. The Kier molecular flexibility index (Phi) is 14.9. The van der Waals surface area contributed by atoms with Crippen molar-refractivity contribution >= 4 is 16.6 Å². The van der Waals surface area contributed by atoms with E-state index in [0.29, 0.717) is 0 Å². The zero-order valence-corrected chi connectivity index (χ0v) is 21.5. The largest absolute Gasteiger partial charge is 0.384 e. The van der Waals surface area contributed by atoms with E-state index < -0.39 is 0 Å². The van der Waals surface area contributed by atoms with Crippen LogP contribution >= 0.6 is 0 Å². The fraction of sp³-hybridized carbons (Fsp3) is 0.690. The van der Waals surface area contributed by atoms with Gasteiger partial charge in [0.1, 0.15) is 0 Å². The molecule has 0 aliphatic carbocycles. The smallest absolute Gasteiger partial charge is 0.0825 e. The Balaban J connectivity index is 1.85. The zero-order valence-electron chi connectivity index (χ0n) is 21.5. The van der Waals surface area contributed by atoms with Crippen molar-refractivity contribution in [3.8, 4) is 0 Å². The van der Waals surface area contributed by atoms with E-state index in [1.165, 1.54) is 74.4 Å². The van der Waals surface area contributed by atoms with Crippen molar-refractivity contribution in [3.05, 3.63) is 36.0 Å². The second-order valence-corrected chi connectivity index (χ2v) is 9.15. The van der Waals surface area contributed by atoms with Gasteiger partial charge in [0.25, 0.3) is 0 Å². The molecule has 1 aromatic heterocycles. The lowest BCUT2D eigenvalue weighted by molar-refractivity contribution is 0.0436. The summed E-state index contributed by atoms with van der Waals surface area (Å²) in [7, 11) is 0. The quantitative estimate of drug-likeness (QED) is 0.203. The number of nitrogens with one attached hydrogen (secondary N) is 1. The molecule has 2 rings (SSSR count). The van der Waals surface area contributed by atoms with Crippen LogP contribution in [0.5, 0.6) is 0 Å². The summed E-state index contributed by atoms with van der Waals surface area (Å²) in [6.07, 6.45) is 16.5. The molecule has 0 saturated heterocycles. The summed E-state index contributed by atoms with van der Waals surface area (Å²) in [5, 5.41) is 4.86. The van der Waals surface area contributed by atoms with E-state index in [2.05, 4.69) is 55.3 Å². The van der Waals surface area contributed by atoms with E-state index in [0.717, 1.165) is 51.1 Å². The monoisotopic (exact) mass is 456 g/mol. The Bertz CT molecular complexity index is 749. The maximum atomic E-state index is 6.32. The molecule has 0 radical (unpaired) electrons. The lowest BCUT2D eigenvalue weighted by Crippen LogP contribution is -2.07. The van der Waals surface area contributed by atoms with E-state index in [9.17, 15) is 0 Å². The third kappa shape index (κ3) is 10.9. The molecule has 2 aromatic rings. The SMILES string of the molecule is CCCCCCOC(CCC)c1ccc2nccc(NCCCCCCOCCCC)c2c1. The van der Waals surface area contributed by atoms with Gasteiger partial charge >= 0.3 is 0 Å². The van der Waals surface area contributed by atoms with Gasteiger partial charge in [-0.2, -0.15) is 0 Å². The molecule has 1 N–H and O–H groups in total. The number of pyridine rings is 1. The van der Waals surface area contributed by atoms with Gasteiger partial charge in [-0.1, -0.05) is 71.8 Å². The van der Waals surface area contributed by atoms with Crippen molar-refractivity contribution in [3.63, 3.8) is 0 Å². The van der Waals surface area contributed by atoms with Gasteiger partial charge in [0, 0.05) is 43.6 Å². The molecule has 33 heavy (non-hydrogen) atoms. The van der Waals surface area contributed by atoms with Gasteiger partial charge in [-0.15, -0.1) is 0 Å². The predicted octanol–water partition coefficient (Wildman–Crippen LogP) is 8.46. The number of hydrogen-bond donors (Lipinski definition) is 1. The Morgan fingerprint density at radius 1 is 0.788 bits per heavy atom. The molecule has 4 nitrogen and oxygen atoms in total. The Morgan fingerprint density at radius 3 is 2.36 bits per heavy atom. The standard InChI is InChI=1S/C29H48N2O2/c1-4-7-9-14-23-33-29(15-6-3)25-16-17-27-26(24-25)28(18-20-31-27)30-19-12-10-11-13-22-32-21-8-5-2/h16-18,20,24,29H,4-15,19,21-23H2,1-3H3,(H,30,31). The van der Waals surface area contributed by atoms with Crippen LogP contribution in [0.15, 0.2) is 30.5 Å². The fourth-order valence-electron chi connectivity index (χ4n) is 4.14. The number of unbranched alkanes of at least 4 members (excludes halogenated alkanes) is 7. The molecule has 0 saturated carbocycles. The molecule has 0 fully saturated rings. The molecule has 186 valence electrons. The molecule has 0 aliphatic rings. The summed E-state index contributed by atoms with van der Waals surface area (Å²) in [4.78, 5) is 4.59. The highest BCUT2D eigenvalue weighted by Gasteiger charge is 2.13. The van der Waals surface area contributed by atoms with E-state index >= 15 is 0 Å². The maximum absolute atomic E-state index is 6.32. The van der Waals surface area contributed by atoms with Gasteiger partial charge in [0.15, 0.2) is 0 Å². The minimum Gasteiger partial charge on any atom is -0.384 e. The first kappa shape index (κ1) is 27.6. The van der Waals surface area contributed by atoms with Crippen LogP contribution in [-0.2, 0) is 9.47 Å². The van der Waals surface area contributed by atoms with Gasteiger partial charge in [-0.05, 0) is 55.9 Å². The third-order valence-electron chi connectivity index (χ3n) is 6.18. The van der Waals surface area contributed by atoms with Crippen LogP contribution in [0.2, 0.25) is 0 Å². The van der Waals surface area contributed by atoms with Crippen molar-refractivity contribution < 1.29 is 9.47 Å². The predicted molar refractivity (Wildman–Crippen MR) is 142 cm³/mol. The minimum absolute atomic E-state index is 0.175. The minimum atomic E-state index is 0.175. The topological polar surface area (TPSA) is 43.4 Å². The number of hydrogen-bond acceptors (Lipinski definition) is 4. The molecule has 4 heteroatoms. The van der Waals surface area contributed by atoms with Crippen LogP contribution < -0.4 is 5.32 Å². The lowest BCUT2D eigenvalue weighted by Gasteiger charge is -2.19. The fourth-order valence-corrected chi connectivity index (χ4v) is 4.14. The summed E-state index contributed by atoms with van der Waals surface area (Å²) in [6.45, 7) is 10.4. The molecule has 1 heterocycles. The number of benzene rings is 1. The van der Waals surface area contributed by atoms with Crippen LogP contribution in [0.3, 0.4) is 0 Å². The second-order valence-electron chi connectivity index (χ2n) is 9.15. The van der Waals surface area contributed by atoms with Crippen molar-refractivity contribution in [1.29, 1.82) is 0 Å². The number of rotatable bonds is 20. The summed E-state index contributed by atoms with van der Waals surface area (Å²) < 4.78 is 12.0. The Hall–Kier alpha value is -1.65. The molecule has 0 amide bonds. The number of aromatic nitrogens is 1. The molecule has 0 spiro atoms. The first-order valence-corrected chi connectivity index (χ1v) is 13.6. The van der Waals surface area contributed by atoms with Crippen LogP contribution in [-0.4, -0.2) is 31.3 Å². The van der Waals surface area contributed by atoms with Crippen LogP contribution in [0.4, 0.5) is 5.69 Å². The molecular formula is C29H48N2O2. The number of nitrogens with zero attached hydrogens (tertiary/aromatic N) is 1. The third-order valence-corrected chi connectivity index (χ3v) is 6.18. The molecule has 1 unspecified atom stereocenters. The van der Waals surface area contributed by atoms with Crippen molar-refractivity contribution in [1.82, 2.24) is 4.98 Å². The molecule has 0 aliphatic heterocycles. The van der Waals surface area contributed by atoms with E-state index in [-0.39, 0.29) is 6.10 Å². The maximum Gasteiger partial charge on any atom is 0.0825 e. The summed E-state index contributed by atoms with van der Waals surface area (Å²) >= 11 is 0. The number of fused-ring (bicyclic) bond motifs is 1. The van der Waals surface area contributed by atoms with Crippen LogP contribution in [0, 0.1) is 0 Å². The Labute approximate surface area is 202 Å². The molecular weight excluding hydrogens is 408 g/mol. The number of anilines is 1. The van der Waals surface area contributed by atoms with E-state index in [1.54, 1.807) is 0 Å². The van der Waals surface area contributed by atoms with E-state index in [4.69, 9.17) is 9.47 Å². The van der Waals surface area contributed by atoms with Gasteiger partial charge in [-0.3, -0.25) is 4.98 Å². The summed E-state index contributed by atoms with van der Waals surface area (Å²) in [5.74, 6) is 0. The van der Waals surface area contributed by atoms with Gasteiger partial charge < -0.3 is 14.8 Å². The first-order valence-electron chi connectivity index (χ1n) is 13.6. The average Bonchev–Trinajstić information content (AvgIpc) is 2.84. The Morgan fingerprint density at radius 2 is 1.55 bits per heavy atom. The highest BCUT2D eigenvalue weighted by Crippen LogP contribution is 2.29. The van der Waals surface area contributed by atoms with Gasteiger partial charge in [-0.25, -0.2) is 0 Å². The molecule has 0 bridgehead atoms. The lowest BCUT2D eigenvalue weighted by atomic mass is 10.0. The average molecular weight is 457 g/mol. The van der Waals surface area contributed by atoms with Gasteiger partial charge in [0.2, 0.25) is 0 Å². The summed E-state index contributed by atoms with van der Waals surface area (Å²) in [6, 6.07) is 8.75.